The predicted molar refractivity (Wildman–Crippen MR) is 70.4 cm³/mol. The summed E-state index contributed by atoms with van der Waals surface area (Å²) in [7, 11) is 0. The van der Waals surface area contributed by atoms with Gasteiger partial charge in [0.05, 0.1) is 0 Å². The number of aromatic nitrogens is 2. The highest BCUT2D eigenvalue weighted by molar-refractivity contribution is 6.30. The van der Waals surface area contributed by atoms with Gasteiger partial charge < -0.3 is 4.74 Å². The lowest BCUT2D eigenvalue weighted by Crippen LogP contribution is -2.11. The van der Waals surface area contributed by atoms with Crippen molar-refractivity contribution in [1.29, 1.82) is 0 Å². The molecule has 0 aliphatic carbocycles. The van der Waals surface area contributed by atoms with E-state index in [1.54, 1.807) is 0 Å². The Bertz CT molecular complexity index is 363. The lowest BCUT2D eigenvalue weighted by molar-refractivity contribution is 0.0492. The van der Waals surface area contributed by atoms with Crippen LogP contribution in [0.1, 0.15) is 56.8 Å². The largest absolute Gasteiger partial charge is 0.371 e. The Morgan fingerprint density at radius 2 is 1.94 bits per heavy atom. The summed E-state index contributed by atoms with van der Waals surface area (Å²) in [6.07, 6.45) is 2.80. The third kappa shape index (κ3) is 3.65. The Balaban J connectivity index is 3.06. The lowest BCUT2D eigenvalue weighted by Gasteiger charge is -2.16. The Morgan fingerprint density at radius 1 is 1.24 bits per heavy atom. The summed E-state index contributed by atoms with van der Waals surface area (Å²) in [6, 6.07) is 0. The van der Waals surface area contributed by atoms with E-state index < -0.39 is 0 Å². The summed E-state index contributed by atoms with van der Waals surface area (Å²) in [6.45, 7) is 8.81. The monoisotopic (exact) mass is 256 g/mol. The van der Waals surface area contributed by atoms with E-state index in [1.807, 2.05) is 13.8 Å². The molecule has 3 nitrogen and oxygen atoms in total. The molecule has 1 heterocycles. The van der Waals surface area contributed by atoms with Gasteiger partial charge in [0, 0.05) is 17.9 Å². The maximum atomic E-state index is 6.14. The number of aryl methyl sites for hydroxylation is 1. The Hall–Kier alpha value is -0.670. The van der Waals surface area contributed by atoms with E-state index in [9.17, 15) is 0 Å². The molecule has 0 radical (unpaired) electrons. The molecule has 1 atom stereocenters. The number of halogens is 1. The number of rotatable bonds is 6. The van der Waals surface area contributed by atoms with Crippen LogP contribution in [-0.2, 0) is 11.2 Å². The van der Waals surface area contributed by atoms with Gasteiger partial charge in [0.2, 0.25) is 0 Å². The van der Waals surface area contributed by atoms with E-state index in [2.05, 4.69) is 23.8 Å². The SMILES string of the molecule is CCCC(OCC)c1nc(Cl)c(C)c(CC)n1. The minimum atomic E-state index is -0.0339. The van der Waals surface area contributed by atoms with Crippen LogP contribution in [0.4, 0.5) is 0 Å². The van der Waals surface area contributed by atoms with Crippen LogP contribution < -0.4 is 0 Å². The molecule has 0 aliphatic heterocycles. The molecule has 1 aromatic heterocycles. The van der Waals surface area contributed by atoms with Crippen molar-refractivity contribution in [2.24, 2.45) is 0 Å². The molecule has 1 unspecified atom stereocenters. The first-order valence-corrected chi connectivity index (χ1v) is 6.66. The van der Waals surface area contributed by atoms with Gasteiger partial charge in [0.25, 0.3) is 0 Å². The molecule has 1 aromatic rings. The van der Waals surface area contributed by atoms with E-state index >= 15 is 0 Å². The molecule has 0 N–H and O–H groups in total. The molecule has 1 rings (SSSR count). The van der Waals surface area contributed by atoms with Gasteiger partial charge in [-0.15, -0.1) is 0 Å². The van der Waals surface area contributed by atoms with Crippen LogP contribution in [0.2, 0.25) is 5.15 Å². The molecule has 0 saturated heterocycles. The second kappa shape index (κ2) is 6.92. The maximum Gasteiger partial charge on any atom is 0.159 e. The van der Waals surface area contributed by atoms with Gasteiger partial charge in [-0.25, -0.2) is 9.97 Å². The summed E-state index contributed by atoms with van der Waals surface area (Å²) in [4.78, 5) is 8.92. The van der Waals surface area contributed by atoms with Gasteiger partial charge in [-0.1, -0.05) is 31.9 Å². The molecular weight excluding hydrogens is 236 g/mol. The summed E-state index contributed by atoms with van der Waals surface area (Å²) in [5.74, 6) is 0.723. The quantitative estimate of drug-likeness (QED) is 0.725. The lowest BCUT2D eigenvalue weighted by atomic mass is 10.1. The van der Waals surface area contributed by atoms with Gasteiger partial charge in [0.15, 0.2) is 5.82 Å². The maximum absolute atomic E-state index is 6.14. The van der Waals surface area contributed by atoms with E-state index in [4.69, 9.17) is 16.3 Å². The molecule has 0 saturated carbocycles. The number of nitrogens with zero attached hydrogens (tertiary/aromatic N) is 2. The Labute approximate surface area is 109 Å². The number of hydrogen-bond donors (Lipinski definition) is 0. The highest BCUT2D eigenvalue weighted by atomic mass is 35.5. The summed E-state index contributed by atoms with van der Waals surface area (Å²) < 4.78 is 5.68. The molecule has 17 heavy (non-hydrogen) atoms. The van der Waals surface area contributed by atoms with Gasteiger partial charge in [-0.05, 0) is 26.7 Å². The average molecular weight is 257 g/mol. The minimum absolute atomic E-state index is 0.0339. The van der Waals surface area contributed by atoms with Crippen LogP contribution in [-0.4, -0.2) is 16.6 Å². The smallest absolute Gasteiger partial charge is 0.159 e. The molecule has 96 valence electrons. The predicted octanol–water partition coefficient (Wildman–Crippen LogP) is 3.88. The van der Waals surface area contributed by atoms with E-state index in [-0.39, 0.29) is 6.10 Å². The van der Waals surface area contributed by atoms with Gasteiger partial charge >= 0.3 is 0 Å². The van der Waals surface area contributed by atoms with E-state index in [0.29, 0.717) is 11.8 Å². The highest BCUT2D eigenvalue weighted by Crippen LogP contribution is 2.24. The van der Waals surface area contributed by atoms with Crippen molar-refractivity contribution in [3.05, 3.63) is 22.2 Å². The van der Waals surface area contributed by atoms with Crippen LogP contribution in [0.5, 0.6) is 0 Å². The molecule has 0 fully saturated rings. The van der Waals surface area contributed by atoms with Crippen molar-refractivity contribution >= 4 is 11.6 Å². The third-order valence-corrected chi connectivity index (χ3v) is 3.11. The third-order valence-electron chi connectivity index (χ3n) is 2.75. The Morgan fingerprint density at radius 3 is 2.47 bits per heavy atom. The van der Waals surface area contributed by atoms with Crippen LogP contribution in [0.3, 0.4) is 0 Å². The average Bonchev–Trinajstić information content (AvgIpc) is 2.32. The van der Waals surface area contributed by atoms with Crippen molar-refractivity contribution < 1.29 is 4.74 Å². The Kier molecular flexibility index (Phi) is 5.86. The first kappa shape index (κ1) is 14.4. The standard InChI is InChI=1S/C13H21ClN2O/c1-5-8-11(17-7-3)13-15-10(6-2)9(4)12(14)16-13/h11H,5-8H2,1-4H3. The van der Waals surface area contributed by atoms with Crippen LogP contribution in [0, 0.1) is 6.92 Å². The number of hydrogen-bond acceptors (Lipinski definition) is 3. The van der Waals surface area contributed by atoms with Crippen molar-refractivity contribution in [1.82, 2.24) is 9.97 Å². The molecule has 0 spiro atoms. The summed E-state index contributed by atoms with van der Waals surface area (Å²) in [5, 5.41) is 0.549. The van der Waals surface area contributed by atoms with Crippen molar-refractivity contribution in [3.8, 4) is 0 Å². The second-order valence-corrected chi connectivity index (χ2v) is 4.39. The topological polar surface area (TPSA) is 35.0 Å². The normalized spacial score (nSPS) is 12.8. The fourth-order valence-corrected chi connectivity index (χ4v) is 1.98. The van der Waals surface area contributed by atoms with E-state index in [0.717, 1.165) is 36.3 Å². The van der Waals surface area contributed by atoms with Crippen LogP contribution >= 0.6 is 11.6 Å². The van der Waals surface area contributed by atoms with Crippen molar-refractivity contribution in [2.75, 3.05) is 6.61 Å². The number of ether oxygens (including phenoxy) is 1. The first-order valence-electron chi connectivity index (χ1n) is 6.28. The van der Waals surface area contributed by atoms with Crippen LogP contribution in [0.15, 0.2) is 0 Å². The highest BCUT2D eigenvalue weighted by Gasteiger charge is 2.17. The van der Waals surface area contributed by atoms with Gasteiger partial charge in [-0.3, -0.25) is 0 Å². The summed E-state index contributed by atoms with van der Waals surface area (Å²) in [5.41, 5.74) is 1.99. The fraction of sp³-hybridized carbons (Fsp3) is 0.692. The minimum Gasteiger partial charge on any atom is -0.371 e. The second-order valence-electron chi connectivity index (χ2n) is 4.03. The zero-order valence-corrected chi connectivity index (χ0v) is 11.8. The van der Waals surface area contributed by atoms with Crippen molar-refractivity contribution in [2.45, 2.75) is 53.1 Å². The molecule has 0 bridgehead atoms. The van der Waals surface area contributed by atoms with Gasteiger partial charge in [-0.2, -0.15) is 0 Å². The first-order chi connectivity index (χ1) is 8.13. The molecule has 0 aliphatic rings. The molecule has 4 heteroatoms. The van der Waals surface area contributed by atoms with Gasteiger partial charge in [0.1, 0.15) is 11.3 Å². The zero-order valence-electron chi connectivity index (χ0n) is 11.1. The van der Waals surface area contributed by atoms with Crippen LogP contribution in [0.25, 0.3) is 0 Å². The van der Waals surface area contributed by atoms with Crippen molar-refractivity contribution in [3.63, 3.8) is 0 Å². The zero-order chi connectivity index (χ0) is 12.8. The fourth-order valence-electron chi connectivity index (χ4n) is 1.79. The van der Waals surface area contributed by atoms with E-state index in [1.165, 1.54) is 0 Å². The summed E-state index contributed by atoms with van der Waals surface area (Å²) >= 11 is 6.14. The molecule has 0 amide bonds. The molecular formula is C13H21ClN2O. The molecule has 0 aromatic carbocycles.